The Bertz CT molecular complexity index is 2790. The second-order valence-corrected chi connectivity index (χ2v) is 28.9. The molecule has 6 atom stereocenters. The van der Waals surface area contributed by atoms with Crippen molar-refractivity contribution in [1.29, 1.82) is 0 Å². The predicted octanol–water partition coefficient (Wildman–Crippen LogP) is 23.8. The third-order valence-electron chi connectivity index (χ3n) is 15.3. The van der Waals surface area contributed by atoms with Crippen LogP contribution in [-0.4, -0.2) is 41.7 Å². The van der Waals surface area contributed by atoms with E-state index in [1.807, 2.05) is 0 Å². The summed E-state index contributed by atoms with van der Waals surface area (Å²) in [6, 6.07) is 43.5. The van der Waals surface area contributed by atoms with Crippen molar-refractivity contribution in [3.8, 4) is 5.75 Å². The van der Waals surface area contributed by atoms with Gasteiger partial charge in [-0.3, -0.25) is 0 Å². The maximum atomic E-state index is 12.7. The van der Waals surface area contributed by atoms with Gasteiger partial charge >= 0.3 is 21.0 Å². The lowest BCUT2D eigenvalue weighted by Gasteiger charge is -2.40. The van der Waals surface area contributed by atoms with Crippen LogP contribution in [0.2, 0.25) is 0 Å². The smallest absolute Gasteiger partial charge is 0.396 e. The largest absolute Gasteiger partial charge is 0.435 e. The highest BCUT2D eigenvalue weighted by Gasteiger charge is 2.67. The Morgan fingerprint density at radius 1 is 0.330 bits per heavy atom. The van der Waals surface area contributed by atoms with E-state index < -0.39 is 51.0 Å². The Morgan fingerprint density at radius 3 is 0.864 bits per heavy atom. The van der Waals surface area contributed by atoms with Crippen molar-refractivity contribution in [3.05, 3.63) is 207 Å². The van der Waals surface area contributed by atoms with Gasteiger partial charge in [0.1, 0.15) is 11.6 Å². The molecule has 0 saturated heterocycles. The highest BCUT2D eigenvalue weighted by Crippen LogP contribution is 2.99. The van der Waals surface area contributed by atoms with Gasteiger partial charge in [0.15, 0.2) is 0 Å². The standard InChI is InChI=1S/2C12H18O.2C12H18.C11H14F6OS.C11H15F5O2S/c2*1-9(2)12(8-13)11-6-4-10(3)5-7-11;2*1-9(2)11(4)12-7-5-10(3)6-8-12;1-8(2)11(7-18-19(13,14,15,16)17)9-3-5-10(12)6-4-9;1-8(2)11(7-17)9-4-3-5-10(6-9)18-19(12,13,14,15)16/h2*4-7,9,12-13H,8H2,1-3H3;2*5-9,11H,1-4H3;3-6,8,11H,7H2,1-2H3;3-6,8,11,17H,7H2,1-2H3. The van der Waals surface area contributed by atoms with Gasteiger partial charge in [-0.05, 0) is 133 Å². The van der Waals surface area contributed by atoms with Crippen molar-refractivity contribution in [2.45, 2.75) is 160 Å². The number of hydrogen-bond donors (Lipinski definition) is 3. The fraction of sp³-hybridized carbons (Fsp3) is 0.486. The summed E-state index contributed by atoms with van der Waals surface area (Å²) in [6.45, 7) is 36.3. The van der Waals surface area contributed by atoms with Gasteiger partial charge in [0.25, 0.3) is 0 Å². The molecular formula is C70H101F11O5S2. The van der Waals surface area contributed by atoms with E-state index in [0.29, 0.717) is 34.8 Å². The zero-order valence-electron chi connectivity index (χ0n) is 54.7. The quantitative estimate of drug-likeness (QED) is 0.0664. The van der Waals surface area contributed by atoms with E-state index in [9.17, 15) is 58.6 Å². The van der Waals surface area contributed by atoms with E-state index >= 15 is 0 Å². The molecule has 0 spiro atoms. The molecule has 6 unspecified atom stereocenters. The van der Waals surface area contributed by atoms with Crippen LogP contribution in [0.25, 0.3) is 0 Å². The van der Waals surface area contributed by atoms with Gasteiger partial charge in [0.2, 0.25) is 0 Å². The van der Waals surface area contributed by atoms with Crippen LogP contribution in [-0.2, 0) is 4.18 Å². The molecule has 5 nitrogen and oxygen atoms in total. The van der Waals surface area contributed by atoms with Crippen LogP contribution >= 0.6 is 21.0 Å². The van der Waals surface area contributed by atoms with E-state index in [2.05, 4.69) is 202 Å². The molecule has 18 heteroatoms. The summed E-state index contributed by atoms with van der Waals surface area (Å²) in [6.07, 6.45) is 0. The molecule has 0 radical (unpaired) electrons. The van der Waals surface area contributed by atoms with E-state index in [4.69, 9.17) is 0 Å². The molecule has 0 amide bonds. The Balaban J connectivity index is 0.000000534. The molecule has 0 aliphatic heterocycles. The van der Waals surface area contributed by atoms with Gasteiger partial charge in [-0.25, -0.2) is 8.57 Å². The predicted molar refractivity (Wildman–Crippen MR) is 348 cm³/mol. The summed E-state index contributed by atoms with van der Waals surface area (Å²) in [7, 11) is -19.8. The first-order chi connectivity index (χ1) is 40.1. The topological polar surface area (TPSA) is 79.2 Å². The van der Waals surface area contributed by atoms with Crippen LogP contribution in [0.4, 0.5) is 43.2 Å². The number of aliphatic hydroxyl groups is 3. The summed E-state index contributed by atoms with van der Waals surface area (Å²) in [5.41, 5.74) is 11.2. The lowest BCUT2D eigenvalue weighted by Crippen LogP contribution is -2.19. The monoisotopic (exact) mass is 1290 g/mol. The van der Waals surface area contributed by atoms with Crippen molar-refractivity contribution in [3.63, 3.8) is 0 Å². The van der Waals surface area contributed by atoms with Gasteiger partial charge in [-0.2, -0.15) is 0 Å². The molecule has 0 aliphatic carbocycles. The molecule has 0 bridgehead atoms. The molecule has 3 N–H and O–H groups in total. The van der Waals surface area contributed by atoms with Crippen LogP contribution in [0.3, 0.4) is 0 Å². The minimum Gasteiger partial charge on any atom is -0.396 e. The number of aryl methyl sites for hydroxylation is 4. The minimum atomic E-state index is -9.96. The third-order valence-corrected chi connectivity index (χ3v) is 16.4. The maximum absolute atomic E-state index is 12.7. The first-order valence-electron chi connectivity index (χ1n) is 29.9. The number of hydrogen-bond acceptors (Lipinski definition) is 5. The Labute approximate surface area is 520 Å². The van der Waals surface area contributed by atoms with Gasteiger partial charge in [-0.1, -0.05) is 279 Å². The van der Waals surface area contributed by atoms with Gasteiger partial charge in [0, 0.05) is 23.7 Å². The van der Waals surface area contributed by atoms with E-state index in [-0.39, 0.29) is 43.5 Å². The zero-order chi connectivity index (χ0) is 67.9. The first kappa shape index (κ1) is 80.9. The number of benzene rings is 6. The lowest BCUT2D eigenvalue weighted by molar-refractivity contribution is 0.136. The van der Waals surface area contributed by atoms with Crippen molar-refractivity contribution < 1.29 is 66.9 Å². The molecule has 0 saturated carbocycles. The molecule has 6 aromatic rings. The average Bonchev–Trinajstić information content (AvgIpc) is 1.54. The first-order valence-corrected chi connectivity index (χ1v) is 33.6. The Kier molecular flexibility index (Phi) is 30.6. The van der Waals surface area contributed by atoms with E-state index in [1.54, 1.807) is 27.7 Å². The second kappa shape index (κ2) is 33.3. The minimum absolute atomic E-state index is 0.0554. The molecule has 0 heterocycles. The van der Waals surface area contributed by atoms with Crippen LogP contribution < -0.4 is 4.18 Å². The Hall–Kier alpha value is -5.11. The van der Waals surface area contributed by atoms with Gasteiger partial charge in [-0.15, -0.1) is 0 Å². The summed E-state index contributed by atoms with van der Waals surface area (Å²) in [5, 5.41) is 27.6. The van der Waals surface area contributed by atoms with Crippen LogP contribution in [0.5, 0.6) is 5.75 Å². The van der Waals surface area contributed by atoms with Gasteiger partial charge < -0.3 is 19.5 Å². The van der Waals surface area contributed by atoms with Crippen LogP contribution in [0.15, 0.2) is 146 Å². The van der Waals surface area contributed by atoms with Crippen molar-refractivity contribution in [1.82, 2.24) is 0 Å². The molecule has 500 valence electrons. The fourth-order valence-corrected chi connectivity index (χ4v) is 9.68. The maximum Gasteiger partial charge on any atom is 0.435 e. The summed E-state index contributed by atoms with van der Waals surface area (Å²) in [5.74, 6) is 1.05. The molecule has 0 aromatic heterocycles. The highest BCUT2D eigenvalue weighted by atomic mass is 32.5. The fourth-order valence-electron chi connectivity index (χ4n) is 8.80. The highest BCUT2D eigenvalue weighted by molar-refractivity contribution is 8.42. The van der Waals surface area contributed by atoms with E-state index in [0.717, 1.165) is 36.1 Å². The molecule has 6 aromatic carbocycles. The molecule has 6 rings (SSSR count). The van der Waals surface area contributed by atoms with Crippen molar-refractivity contribution in [2.75, 3.05) is 26.4 Å². The van der Waals surface area contributed by atoms with Crippen LogP contribution in [0, 0.1) is 69.0 Å². The number of halogens is 11. The number of aliphatic hydroxyl groups excluding tert-OH is 3. The zero-order valence-corrected chi connectivity index (χ0v) is 56.4. The van der Waals surface area contributed by atoms with Gasteiger partial charge in [0.05, 0.1) is 26.4 Å². The Morgan fingerprint density at radius 2 is 0.602 bits per heavy atom. The summed E-state index contributed by atoms with van der Waals surface area (Å²) < 4.78 is 140. The van der Waals surface area contributed by atoms with E-state index in [1.165, 1.54) is 68.8 Å². The molecule has 0 fully saturated rings. The number of rotatable bonds is 20. The summed E-state index contributed by atoms with van der Waals surface area (Å²) >= 11 is 0. The lowest BCUT2D eigenvalue weighted by atomic mass is 9.89. The average molecular weight is 1300 g/mol. The SMILES string of the molecule is CC(C)C(CO)c1cccc(OS(F)(F)(F)(F)F)c1.CC(C)C(COS(F)(F)(F)(F)F)c1ccc(F)cc1.Cc1ccc(C(C)C(C)C)cc1.Cc1ccc(C(C)C(C)C)cc1.Cc1ccc(C(CO)C(C)C)cc1.Cc1ccc(C(CO)C(C)C)cc1. The summed E-state index contributed by atoms with van der Waals surface area (Å²) in [4.78, 5) is 0. The third kappa shape index (κ3) is 33.6. The molecule has 88 heavy (non-hydrogen) atoms. The molecular weight excluding hydrogens is 1190 g/mol. The van der Waals surface area contributed by atoms with Crippen LogP contribution in [0.1, 0.15) is 188 Å². The second-order valence-electron chi connectivity index (χ2n) is 24.9. The van der Waals surface area contributed by atoms with Crippen molar-refractivity contribution >= 4 is 21.0 Å². The normalized spacial score (nSPS) is 15.3. The molecule has 0 aliphatic rings. The van der Waals surface area contributed by atoms with Crippen molar-refractivity contribution in [2.24, 2.45) is 35.5 Å².